The lowest BCUT2D eigenvalue weighted by atomic mass is 10.0. The number of rotatable bonds is 12. The van der Waals surface area contributed by atoms with Gasteiger partial charge in [0.2, 0.25) is 23.6 Å². The maximum absolute atomic E-state index is 13.4. The Morgan fingerprint density at radius 1 is 0.900 bits per heavy atom. The molecule has 1 aliphatic rings. The van der Waals surface area contributed by atoms with Crippen LogP contribution in [0.3, 0.4) is 0 Å². The number of nitrogens with one attached hydrogen (secondary N) is 3. The summed E-state index contributed by atoms with van der Waals surface area (Å²) in [5.41, 5.74) is 6.83. The van der Waals surface area contributed by atoms with Gasteiger partial charge in [-0.05, 0) is 43.0 Å². The lowest BCUT2D eigenvalue weighted by molar-refractivity contribution is -0.149. The number of nitrogens with zero attached hydrogens (tertiary/aromatic N) is 1. The number of carboxylic acids is 1. The van der Waals surface area contributed by atoms with E-state index >= 15 is 0 Å². The predicted molar refractivity (Wildman–Crippen MR) is 145 cm³/mol. The molecule has 1 saturated heterocycles. The quantitative estimate of drug-likeness (QED) is 0.206. The summed E-state index contributed by atoms with van der Waals surface area (Å²) in [6, 6.07) is 10.9. The highest BCUT2D eigenvalue weighted by Gasteiger charge is 2.37. The molecule has 1 aliphatic heterocycles. The van der Waals surface area contributed by atoms with Gasteiger partial charge in [-0.2, -0.15) is 0 Å². The second kappa shape index (κ2) is 14.1. The number of nitrogens with two attached hydrogens (primary N) is 1. The summed E-state index contributed by atoms with van der Waals surface area (Å²) in [7, 11) is 0. The summed E-state index contributed by atoms with van der Waals surface area (Å²) >= 11 is 0. The van der Waals surface area contributed by atoms with Gasteiger partial charge in [-0.3, -0.25) is 19.2 Å². The van der Waals surface area contributed by atoms with E-state index in [2.05, 4.69) is 16.0 Å². The summed E-state index contributed by atoms with van der Waals surface area (Å²) in [5.74, 6) is -3.46. The SMILES string of the molecule is C[C@H](NC(=O)[C@H](Cc1ccc(O)cc1)NC(=O)[C@H](Cc1ccccc1)NC(=O)CN)C(=O)N1CCC[C@H]1C(=O)O. The van der Waals surface area contributed by atoms with Crippen LogP contribution in [0, 0.1) is 0 Å². The minimum absolute atomic E-state index is 0.0170. The number of likely N-dealkylation sites (tertiary alicyclic amines) is 1. The van der Waals surface area contributed by atoms with E-state index in [-0.39, 0.29) is 31.7 Å². The predicted octanol–water partition coefficient (Wildman–Crippen LogP) is -0.314. The minimum Gasteiger partial charge on any atom is -0.508 e. The Labute approximate surface area is 231 Å². The van der Waals surface area contributed by atoms with Crippen molar-refractivity contribution < 1.29 is 34.2 Å². The molecule has 214 valence electrons. The number of aliphatic carboxylic acids is 1. The molecule has 4 amide bonds. The summed E-state index contributed by atoms with van der Waals surface area (Å²) in [6.45, 7) is 1.39. The van der Waals surface area contributed by atoms with E-state index in [1.807, 2.05) is 6.07 Å². The molecule has 0 saturated carbocycles. The summed E-state index contributed by atoms with van der Waals surface area (Å²) in [5, 5.41) is 26.9. The first kappa shape index (κ1) is 30.1. The van der Waals surface area contributed by atoms with Crippen LogP contribution >= 0.6 is 0 Å². The van der Waals surface area contributed by atoms with Crippen LogP contribution in [0.5, 0.6) is 5.75 Å². The molecule has 0 aromatic heterocycles. The Balaban J connectivity index is 1.79. The fraction of sp³-hybridized carbons (Fsp3) is 0.393. The maximum atomic E-state index is 13.4. The topological polar surface area (TPSA) is 191 Å². The van der Waals surface area contributed by atoms with Gasteiger partial charge in [0.25, 0.3) is 0 Å². The van der Waals surface area contributed by atoms with Crippen molar-refractivity contribution in [3.8, 4) is 5.75 Å². The van der Waals surface area contributed by atoms with Crippen molar-refractivity contribution in [2.45, 2.75) is 56.8 Å². The van der Waals surface area contributed by atoms with Crippen molar-refractivity contribution in [1.82, 2.24) is 20.9 Å². The van der Waals surface area contributed by atoms with Crippen LogP contribution in [0.2, 0.25) is 0 Å². The molecule has 0 spiro atoms. The first-order valence-corrected chi connectivity index (χ1v) is 13.0. The van der Waals surface area contributed by atoms with Crippen LogP contribution in [0.1, 0.15) is 30.9 Å². The van der Waals surface area contributed by atoms with Gasteiger partial charge in [-0.1, -0.05) is 42.5 Å². The van der Waals surface area contributed by atoms with E-state index in [4.69, 9.17) is 5.73 Å². The van der Waals surface area contributed by atoms with Gasteiger partial charge in [0, 0.05) is 19.4 Å². The van der Waals surface area contributed by atoms with Crippen molar-refractivity contribution in [3.63, 3.8) is 0 Å². The lowest BCUT2D eigenvalue weighted by Gasteiger charge is -2.27. The van der Waals surface area contributed by atoms with Gasteiger partial charge in [-0.25, -0.2) is 4.79 Å². The molecule has 0 bridgehead atoms. The number of carbonyl (C=O) groups is 5. The fourth-order valence-electron chi connectivity index (χ4n) is 4.57. The van der Waals surface area contributed by atoms with Crippen LogP contribution in [0.4, 0.5) is 0 Å². The number of amides is 4. The molecule has 2 aromatic rings. The minimum atomic E-state index is -1.16. The zero-order valence-electron chi connectivity index (χ0n) is 22.2. The number of hydrogen-bond donors (Lipinski definition) is 6. The monoisotopic (exact) mass is 553 g/mol. The molecule has 4 atom stereocenters. The van der Waals surface area contributed by atoms with Crippen molar-refractivity contribution in [3.05, 3.63) is 65.7 Å². The highest BCUT2D eigenvalue weighted by molar-refractivity contribution is 5.95. The van der Waals surface area contributed by atoms with Crippen molar-refractivity contribution in [2.24, 2.45) is 5.73 Å². The molecule has 0 radical (unpaired) electrons. The lowest BCUT2D eigenvalue weighted by Crippen LogP contribution is -2.58. The average molecular weight is 554 g/mol. The van der Waals surface area contributed by atoms with Gasteiger partial charge >= 0.3 is 5.97 Å². The maximum Gasteiger partial charge on any atom is 0.326 e. The van der Waals surface area contributed by atoms with E-state index < -0.39 is 53.8 Å². The third-order valence-corrected chi connectivity index (χ3v) is 6.68. The number of phenols is 1. The van der Waals surface area contributed by atoms with Gasteiger partial charge in [0.1, 0.15) is 29.9 Å². The zero-order valence-corrected chi connectivity index (χ0v) is 22.2. The van der Waals surface area contributed by atoms with Crippen LogP contribution in [-0.2, 0) is 36.8 Å². The Hall–Kier alpha value is -4.45. The molecule has 1 heterocycles. The molecule has 12 nitrogen and oxygen atoms in total. The standard InChI is InChI=1S/C28H35N5O7/c1-17(27(38)33-13-5-8-23(33)28(39)40)30-25(36)22(15-19-9-11-20(34)12-10-19)32-26(37)21(31-24(35)16-29)14-18-6-3-2-4-7-18/h2-4,6-7,9-12,17,21-23,34H,5,8,13-16,29H2,1H3,(H,30,36)(H,31,35)(H,32,37)(H,39,40)/t17-,21-,22-,23-/m0/s1. The molecule has 1 fully saturated rings. The largest absolute Gasteiger partial charge is 0.508 e. The molecule has 2 aromatic carbocycles. The number of carboxylic acid groups (broad SMARTS) is 1. The fourth-order valence-corrected chi connectivity index (χ4v) is 4.57. The number of aromatic hydroxyl groups is 1. The summed E-state index contributed by atoms with van der Waals surface area (Å²) in [6.07, 6.45) is 1.04. The second-order valence-corrected chi connectivity index (χ2v) is 9.70. The van der Waals surface area contributed by atoms with Gasteiger partial charge in [-0.15, -0.1) is 0 Å². The molecule has 0 unspecified atom stereocenters. The molecular formula is C28H35N5O7. The normalized spacial score (nSPS) is 16.9. The molecule has 40 heavy (non-hydrogen) atoms. The van der Waals surface area contributed by atoms with Crippen LogP contribution in [0.15, 0.2) is 54.6 Å². The first-order valence-electron chi connectivity index (χ1n) is 13.0. The van der Waals surface area contributed by atoms with Crippen LogP contribution in [-0.4, -0.2) is 82.0 Å². The zero-order chi connectivity index (χ0) is 29.2. The van der Waals surface area contributed by atoms with Crippen molar-refractivity contribution >= 4 is 29.6 Å². The number of benzene rings is 2. The molecular weight excluding hydrogens is 518 g/mol. The average Bonchev–Trinajstić information content (AvgIpc) is 3.44. The van der Waals surface area contributed by atoms with Gasteiger partial charge in [0.15, 0.2) is 0 Å². The number of phenolic OH excluding ortho intramolecular Hbond substituents is 1. The van der Waals surface area contributed by atoms with Crippen molar-refractivity contribution in [2.75, 3.05) is 13.1 Å². The number of hydrogen-bond acceptors (Lipinski definition) is 7. The van der Waals surface area contributed by atoms with E-state index in [0.29, 0.717) is 18.4 Å². The van der Waals surface area contributed by atoms with Gasteiger partial charge in [0.05, 0.1) is 6.54 Å². The Kier molecular flexibility index (Phi) is 10.6. The van der Waals surface area contributed by atoms with E-state index in [1.54, 1.807) is 36.4 Å². The first-order chi connectivity index (χ1) is 19.1. The van der Waals surface area contributed by atoms with Crippen LogP contribution < -0.4 is 21.7 Å². The highest BCUT2D eigenvalue weighted by Crippen LogP contribution is 2.19. The van der Waals surface area contributed by atoms with Gasteiger partial charge < -0.3 is 36.8 Å². The second-order valence-electron chi connectivity index (χ2n) is 9.70. The Bertz CT molecular complexity index is 1210. The number of carbonyl (C=O) groups excluding carboxylic acids is 4. The Morgan fingerprint density at radius 2 is 1.48 bits per heavy atom. The van der Waals surface area contributed by atoms with E-state index in [0.717, 1.165) is 5.56 Å². The molecule has 12 heteroatoms. The summed E-state index contributed by atoms with van der Waals surface area (Å²) < 4.78 is 0. The smallest absolute Gasteiger partial charge is 0.326 e. The molecule has 0 aliphatic carbocycles. The third-order valence-electron chi connectivity index (χ3n) is 6.68. The van der Waals surface area contributed by atoms with E-state index in [1.165, 1.54) is 24.0 Å². The summed E-state index contributed by atoms with van der Waals surface area (Å²) in [4.78, 5) is 64.6. The molecule has 7 N–H and O–H groups in total. The Morgan fingerprint density at radius 3 is 2.08 bits per heavy atom. The van der Waals surface area contributed by atoms with Crippen molar-refractivity contribution in [1.29, 1.82) is 0 Å². The van der Waals surface area contributed by atoms with Crippen LogP contribution in [0.25, 0.3) is 0 Å². The third kappa shape index (κ3) is 8.27. The highest BCUT2D eigenvalue weighted by atomic mass is 16.4. The van der Waals surface area contributed by atoms with E-state index in [9.17, 15) is 34.2 Å². The molecule has 3 rings (SSSR count).